The second-order valence-electron chi connectivity index (χ2n) is 5.48. The van der Waals surface area contributed by atoms with E-state index >= 15 is 0 Å². The number of anilines is 3. The zero-order valence-corrected chi connectivity index (χ0v) is 14.4. The number of halogens is 4. The third kappa shape index (κ3) is 3.40. The van der Waals surface area contributed by atoms with Crippen molar-refractivity contribution >= 4 is 28.9 Å². The average Bonchev–Trinajstić information content (AvgIpc) is 2.88. The molecule has 3 aromatic rings. The van der Waals surface area contributed by atoms with Gasteiger partial charge in [0.05, 0.1) is 16.3 Å². The maximum absolute atomic E-state index is 12.7. The number of alkyl halides is 3. The molecule has 0 bridgehead atoms. The zero-order valence-electron chi connectivity index (χ0n) is 13.6. The SMILES string of the molecule is Cc1cc(C)n(-c2ncnc(Nc3ncc(C(F)(F)F)cc3Cl)c2N)n1. The molecule has 0 atom stereocenters. The van der Waals surface area contributed by atoms with Gasteiger partial charge in [0, 0.05) is 11.9 Å². The van der Waals surface area contributed by atoms with Gasteiger partial charge < -0.3 is 11.1 Å². The van der Waals surface area contributed by atoms with E-state index in [1.165, 1.54) is 6.33 Å². The van der Waals surface area contributed by atoms with Crippen LogP contribution >= 0.6 is 11.6 Å². The molecular formula is C15H13ClF3N7. The number of hydrogen-bond acceptors (Lipinski definition) is 6. The van der Waals surface area contributed by atoms with Gasteiger partial charge in [0.2, 0.25) is 0 Å². The molecule has 0 aliphatic carbocycles. The number of hydrogen-bond donors (Lipinski definition) is 2. The minimum atomic E-state index is -4.54. The Morgan fingerprint density at radius 2 is 1.85 bits per heavy atom. The summed E-state index contributed by atoms with van der Waals surface area (Å²) in [7, 11) is 0. The summed E-state index contributed by atoms with van der Waals surface area (Å²) in [6.45, 7) is 3.66. The predicted molar refractivity (Wildman–Crippen MR) is 90.6 cm³/mol. The van der Waals surface area contributed by atoms with E-state index in [1.54, 1.807) is 4.68 Å². The Kier molecular flexibility index (Phi) is 4.45. The first-order valence-corrected chi connectivity index (χ1v) is 7.68. The Hall–Kier alpha value is -2.88. The third-order valence-electron chi connectivity index (χ3n) is 3.48. The van der Waals surface area contributed by atoms with E-state index < -0.39 is 11.7 Å². The number of aryl methyl sites for hydroxylation is 2. The van der Waals surface area contributed by atoms with Crippen molar-refractivity contribution in [3.05, 3.63) is 46.6 Å². The highest BCUT2D eigenvalue weighted by Crippen LogP contribution is 2.34. The molecule has 3 heterocycles. The van der Waals surface area contributed by atoms with Crippen LogP contribution in [0.1, 0.15) is 17.0 Å². The van der Waals surface area contributed by atoms with Gasteiger partial charge in [-0.1, -0.05) is 11.6 Å². The first-order chi connectivity index (χ1) is 12.2. The third-order valence-corrected chi connectivity index (χ3v) is 3.77. The Labute approximate surface area is 151 Å². The van der Waals surface area contributed by atoms with Gasteiger partial charge in [-0.05, 0) is 26.0 Å². The molecule has 136 valence electrons. The topological polar surface area (TPSA) is 94.5 Å². The summed E-state index contributed by atoms with van der Waals surface area (Å²) in [5.41, 5.74) is 6.88. The molecule has 0 unspecified atom stereocenters. The fourth-order valence-corrected chi connectivity index (χ4v) is 2.51. The Bertz CT molecular complexity index is 968. The van der Waals surface area contributed by atoms with E-state index in [0.717, 1.165) is 17.5 Å². The molecule has 0 saturated carbocycles. The normalized spacial score (nSPS) is 11.6. The molecule has 11 heteroatoms. The van der Waals surface area contributed by atoms with Gasteiger partial charge in [-0.3, -0.25) is 0 Å². The molecular weight excluding hydrogens is 371 g/mol. The highest BCUT2D eigenvalue weighted by atomic mass is 35.5. The smallest absolute Gasteiger partial charge is 0.393 e. The van der Waals surface area contributed by atoms with Crippen molar-refractivity contribution in [2.75, 3.05) is 11.1 Å². The predicted octanol–water partition coefficient (Wildman–Crippen LogP) is 3.67. The van der Waals surface area contributed by atoms with Crippen molar-refractivity contribution in [2.24, 2.45) is 0 Å². The van der Waals surface area contributed by atoms with E-state index in [9.17, 15) is 13.2 Å². The van der Waals surface area contributed by atoms with Crippen LogP contribution in [-0.4, -0.2) is 24.7 Å². The lowest BCUT2D eigenvalue weighted by Gasteiger charge is -2.13. The molecule has 0 radical (unpaired) electrons. The van der Waals surface area contributed by atoms with Gasteiger partial charge in [0.1, 0.15) is 17.8 Å². The minimum absolute atomic E-state index is 0.00983. The van der Waals surface area contributed by atoms with Gasteiger partial charge in [-0.25, -0.2) is 19.6 Å². The first kappa shape index (κ1) is 17.9. The van der Waals surface area contributed by atoms with Crippen LogP contribution in [0.5, 0.6) is 0 Å². The highest BCUT2D eigenvalue weighted by molar-refractivity contribution is 6.33. The molecule has 3 N–H and O–H groups in total. The van der Waals surface area contributed by atoms with Crippen LogP contribution in [0, 0.1) is 13.8 Å². The second kappa shape index (κ2) is 6.45. The lowest BCUT2D eigenvalue weighted by Crippen LogP contribution is -2.11. The highest BCUT2D eigenvalue weighted by Gasteiger charge is 2.31. The number of rotatable bonds is 3. The molecule has 0 spiro atoms. The minimum Gasteiger partial charge on any atom is -0.393 e. The van der Waals surface area contributed by atoms with Crippen molar-refractivity contribution in [1.82, 2.24) is 24.7 Å². The maximum Gasteiger partial charge on any atom is 0.417 e. The van der Waals surface area contributed by atoms with Gasteiger partial charge >= 0.3 is 6.18 Å². The van der Waals surface area contributed by atoms with Crippen LogP contribution in [0.2, 0.25) is 5.02 Å². The van der Waals surface area contributed by atoms with Crippen LogP contribution in [0.25, 0.3) is 5.82 Å². The molecule has 3 aromatic heterocycles. The lowest BCUT2D eigenvalue weighted by atomic mass is 10.2. The molecule has 26 heavy (non-hydrogen) atoms. The number of nitrogens with one attached hydrogen (secondary N) is 1. The van der Waals surface area contributed by atoms with Crippen LogP contribution in [-0.2, 0) is 6.18 Å². The van der Waals surface area contributed by atoms with Crippen LogP contribution in [0.3, 0.4) is 0 Å². The first-order valence-electron chi connectivity index (χ1n) is 7.30. The number of pyridine rings is 1. The molecule has 7 nitrogen and oxygen atoms in total. The van der Waals surface area contributed by atoms with Crippen LogP contribution in [0.15, 0.2) is 24.7 Å². The largest absolute Gasteiger partial charge is 0.417 e. The molecule has 0 aromatic carbocycles. The fourth-order valence-electron chi connectivity index (χ4n) is 2.30. The van der Waals surface area contributed by atoms with Crippen molar-refractivity contribution in [1.29, 1.82) is 0 Å². The summed E-state index contributed by atoms with van der Waals surface area (Å²) in [4.78, 5) is 11.8. The number of aromatic nitrogens is 5. The molecule has 0 aliphatic rings. The van der Waals surface area contributed by atoms with Crippen molar-refractivity contribution in [2.45, 2.75) is 20.0 Å². The lowest BCUT2D eigenvalue weighted by molar-refractivity contribution is -0.137. The summed E-state index contributed by atoms with van der Waals surface area (Å²) in [6, 6.07) is 2.62. The van der Waals surface area contributed by atoms with E-state index in [-0.39, 0.29) is 22.3 Å². The summed E-state index contributed by atoms with van der Waals surface area (Å²) in [6.07, 6.45) is -2.61. The summed E-state index contributed by atoms with van der Waals surface area (Å²) in [5, 5.41) is 6.81. The van der Waals surface area contributed by atoms with Gasteiger partial charge in [-0.15, -0.1) is 0 Å². The molecule has 0 amide bonds. The quantitative estimate of drug-likeness (QED) is 0.716. The van der Waals surface area contributed by atoms with E-state index in [1.807, 2.05) is 19.9 Å². The monoisotopic (exact) mass is 383 g/mol. The summed E-state index contributed by atoms with van der Waals surface area (Å²) < 4.78 is 39.6. The van der Waals surface area contributed by atoms with Crippen LogP contribution < -0.4 is 11.1 Å². The van der Waals surface area contributed by atoms with E-state index in [4.69, 9.17) is 17.3 Å². The standard InChI is InChI=1S/C15H13ClF3N7/c1-7-3-8(2)26(25-7)14-11(20)13(22-6-23-14)24-12-10(16)4-9(5-21-12)15(17,18)19/h3-6H,20H2,1-2H3,(H,21,22,23,24). The average molecular weight is 384 g/mol. The fraction of sp³-hybridized carbons (Fsp3) is 0.200. The van der Waals surface area contributed by atoms with E-state index in [0.29, 0.717) is 12.0 Å². The maximum atomic E-state index is 12.7. The molecule has 0 saturated heterocycles. The van der Waals surface area contributed by atoms with Crippen molar-refractivity contribution < 1.29 is 13.2 Å². The molecule has 3 rings (SSSR count). The Morgan fingerprint density at radius 3 is 2.42 bits per heavy atom. The number of nitrogens with zero attached hydrogens (tertiary/aromatic N) is 5. The Balaban J connectivity index is 1.97. The van der Waals surface area contributed by atoms with Gasteiger partial charge in [-0.2, -0.15) is 18.3 Å². The Morgan fingerprint density at radius 1 is 1.12 bits per heavy atom. The van der Waals surface area contributed by atoms with Gasteiger partial charge in [0.25, 0.3) is 0 Å². The van der Waals surface area contributed by atoms with Crippen molar-refractivity contribution in [3.63, 3.8) is 0 Å². The van der Waals surface area contributed by atoms with E-state index in [2.05, 4.69) is 25.4 Å². The second-order valence-corrected chi connectivity index (χ2v) is 5.88. The van der Waals surface area contributed by atoms with Gasteiger partial charge in [0.15, 0.2) is 11.6 Å². The summed E-state index contributed by atoms with van der Waals surface area (Å²) in [5.74, 6) is 0.470. The zero-order chi connectivity index (χ0) is 19.1. The molecule has 0 fully saturated rings. The molecule has 0 aliphatic heterocycles. The van der Waals surface area contributed by atoms with Crippen LogP contribution in [0.4, 0.5) is 30.5 Å². The van der Waals surface area contributed by atoms with Crippen molar-refractivity contribution in [3.8, 4) is 5.82 Å². The number of nitrogen functional groups attached to an aromatic ring is 1. The number of nitrogens with two attached hydrogens (primary N) is 1. The summed E-state index contributed by atoms with van der Waals surface area (Å²) >= 11 is 5.90.